The summed E-state index contributed by atoms with van der Waals surface area (Å²) < 4.78 is 0. The Morgan fingerprint density at radius 3 is 2.05 bits per heavy atom. The molecule has 0 aliphatic heterocycles. The van der Waals surface area contributed by atoms with E-state index in [-0.39, 0.29) is 11.6 Å². The molecule has 0 radical (unpaired) electrons. The van der Waals surface area contributed by atoms with Crippen molar-refractivity contribution in [1.82, 2.24) is 0 Å². The number of benzene rings is 2. The molecule has 0 atom stereocenters. The van der Waals surface area contributed by atoms with E-state index in [2.05, 4.69) is 11.8 Å². The molecule has 0 saturated heterocycles. The molecular weight excluding hydrogens is 262 g/mol. The van der Waals surface area contributed by atoms with E-state index in [9.17, 15) is 9.59 Å². The molecule has 106 valence electrons. The van der Waals surface area contributed by atoms with E-state index in [1.54, 1.807) is 30.3 Å². The highest BCUT2D eigenvalue weighted by Crippen LogP contribution is 2.29. The molecule has 0 aromatic heterocycles. The van der Waals surface area contributed by atoms with Gasteiger partial charge >= 0.3 is 0 Å². The smallest absolute Gasteiger partial charge is 0.194 e. The standard InChI is InChI=1S/C18H17NO2/c1-3-10-19(2)12-8-9-15-16(11-12)18(21)14-7-5-4-6-13(14)17(15)20/h4-9,11H,3,10H2,1-2H3. The number of fused-ring (bicyclic) bond motifs is 2. The fourth-order valence-corrected chi connectivity index (χ4v) is 2.79. The fourth-order valence-electron chi connectivity index (χ4n) is 2.79. The average molecular weight is 279 g/mol. The van der Waals surface area contributed by atoms with Gasteiger partial charge in [-0.3, -0.25) is 9.59 Å². The summed E-state index contributed by atoms with van der Waals surface area (Å²) in [7, 11) is 1.99. The Morgan fingerprint density at radius 2 is 1.43 bits per heavy atom. The molecule has 0 unspecified atom stereocenters. The van der Waals surface area contributed by atoms with Gasteiger partial charge in [-0.05, 0) is 24.6 Å². The molecule has 0 N–H and O–H groups in total. The molecule has 1 aliphatic carbocycles. The zero-order valence-electron chi connectivity index (χ0n) is 12.2. The number of hydrogen-bond acceptors (Lipinski definition) is 3. The summed E-state index contributed by atoms with van der Waals surface area (Å²) in [5.41, 5.74) is 3.00. The van der Waals surface area contributed by atoms with Gasteiger partial charge in [0.05, 0.1) is 0 Å². The van der Waals surface area contributed by atoms with Crippen molar-refractivity contribution in [2.45, 2.75) is 13.3 Å². The second kappa shape index (κ2) is 5.17. The van der Waals surface area contributed by atoms with Gasteiger partial charge in [-0.1, -0.05) is 31.2 Å². The maximum Gasteiger partial charge on any atom is 0.194 e. The van der Waals surface area contributed by atoms with E-state index in [1.165, 1.54) is 0 Å². The van der Waals surface area contributed by atoms with Crippen LogP contribution in [0.15, 0.2) is 42.5 Å². The van der Waals surface area contributed by atoms with Crippen molar-refractivity contribution < 1.29 is 9.59 Å². The first-order valence-corrected chi connectivity index (χ1v) is 7.17. The number of carbonyl (C=O) groups is 2. The Morgan fingerprint density at radius 1 is 0.857 bits per heavy atom. The highest BCUT2D eigenvalue weighted by molar-refractivity contribution is 6.28. The first kappa shape index (κ1) is 13.6. The number of ketones is 2. The van der Waals surface area contributed by atoms with E-state index in [0.717, 1.165) is 18.7 Å². The first-order valence-electron chi connectivity index (χ1n) is 7.17. The molecule has 2 aromatic rings. The lowest BCUT2D eigenvalue weighted by molar-refractivity contribution is 0.0979. The monoisotopic (exact) mass is 279 g/mol. The van der Waals surface area contributed by atoms with Crippen molar-refractivity contribution in [2.24, 2.45) is 0 Å². The topological polar surface area (TPSA) is 37.4 Å². The van der Waals surface area contributed by atoms with Gasteiger partial charge in [0.2, 0.25) is 0 Å². The molecule has 0 amide bonds. The summed E-state index contributed by atoms with van der Waals surface area (Å²) in [4.78, 5) is 27.2. The highest BCUT2D eigenvalue weighted by atomic mass is 16.1. The molecule has 0 fully saturated rings. The molecule has 0 heterocycles. The molecule has 21 heavy (non-hydrogen) atoms. The third kappa shape index (κ3) is 2.15. The van der Waals surface area contributed by atoms with Crippen molar-refractivity contribution in [3.63, 3.8) is 0 Å². The van der Waals surface area contributed by atoms with Crippen LogP contribution in [-0.4, -0.2) is 25.2 Å². The Kier molecular flexibility index (Phi) is 3.34. The van der Waals surface area contributed by atoms with Gasteiger partial charge in [-0.25, -0.2) is 0 Å². The summed E-state index contributed by atoms with van der Waals surface area (Å²) in [6.07, 6.45) is 1.03. The summed E-state index contributed by atoms with van der Waals surface area (Å²) >= 11 is 0. The predicted octanol–water partition coefficient (Wildman–Crippen LogP) is 3.31. The molecule has 0 bridgehead atoms. The van der Waals surface area contributed by atoms with Gasteiger partial charge in [-0.15, -0.1) is 0 Å². The maximum absolute atomic E-state index is 12.6. The SMILES string of the molecule is CCCN(C)c1ccc2c(c1)C(=O)c1ccccc1C2=O. The van der Waals surface area contributed by atoms with Crippen molar-refractivity contribution in [1.29, 1.82) is 0 Å². The molecule has 1 aliphatic rings. The van der Waals surface area contributed by atoms with E-state index in [1.807, 2.05) is 19.2 Å². The first-order chi connectivity index (χ1) is 10.1. The molecule has 3 rings (SSSR count). The normalized spacial score (nSPS) is 12.9. The zero-order valence-corrected chi connectivity index (χ0v) is 12.2. The largest absolute Gasteiger partial charge is 0.375 e. The molecule has 2 aromatic carbocycles. The van der Waals surface area contributed by atoms with Crippen LogP contribution >= 0.6 is 0 Å². The Balaban J connectivity index is 2.11. The lowest BCUT2D eigenvalue weighted by Gasteiger charge is -2.22. The van der Waals surface area contributed by atoms with Gasteiger partial charge in [0, 0.05) is 41.5 Å². The Labute approximate surface area is 124 Å². The second-order valence-corrected chi connectivity index (χ2v) is 5.36. The van der Waals surface area contributed by atoms with E-state index >= 15 is 0 Å². The van der Waals surface area contributed by atoms with Crippen LogP contribution < -0.4 is 4.90 Å². The Bertz CT molecular complexity index is 734. The van der Waals surface area contributed by atoms with Crippen LogP contribution in [0, 0.1) is 0 Å². The van der Waals surface area contributed by atoms with Crippen molar-refractivity contribution in [2.75, 3.05) is 18.5 Å². The van der Waals surface area contributed by atoms with Crippen molar-refractivity contribution in [3.05, 3.63) is 64.7 Å². The lowest BCUT2D eigenvalue weighted by atomic mass is 9.84. The minimum atomic E-state index is -0.0649. The number of anilines is 1. The summed E-state index contributed by atoms with van der Waals surface area (Å²) in [5.74, 6) is -0.128. The van der Waals surface area contributed by atoms with Crippen LogP contribution in [-0.2, 0) is 0 Å². The van der Waals surface area contributed by atoms with Crippen molar-refractivity contribution >= 4 is 17.3 Å². The van der Waals surface area contributed by atoms with Gasteiger partial charge in [-0.2, -0.15) is 0 Å². The molecule has 0 spiro atoms. The quantitative estimate of drug-likeness (QED) is 0.738. The zero-order chi connectivity index (χ0) is 15.0. The Hall–Kier alpha value is -2.42. The summed E-state index contributed by atoms with van der Waals surface area (Å²) in [6.45, 7) is 3.03. The van der Waals surface area contributed by atoms with Crippen molar-refractivity contribution in [3.8, 4) is 0 Å². The van der Waals surface area contributed by atoms with Gasteiger partial charge in [0.1, 0.15) is 0 Å². The van der Waals surface area contributed by atoms with E-state index < -0.39 is 0 Å². The molecule has 0 saturated carbocycles. The fraction of sp³-hybridized carbons (Fsp3) is 0.222. The van der Waals surface area contributed by atoms with Crippen LogP contribution in [0.5, 0.6) is 0 Å². The number of rotatable bonds is 3. The second-order valence-electron chi connectivity index (χ2n) is 5.36. The summed E-state index contributed by atoms with van der Waals surface area (Å²) in [5, 5.41) is 0. The number of hydrogen-bond donors (Lipinski definition) is 0. The molecule has 3 nitrogen and oxygen atoms in total. The maximum atomic E-state index is 12.6. The minimum absolute atomic E-state index is 0.0630. The van der Waals surface area contributed by atoms with E-state index in [0.29, 0.717) is 22.3 Å². The van der Waals surface area contributed by atoms with Crippen LogP contribution in [0.1, 0.15) is 45.2 Å². The molecular formula is C18H17NO2. The van der Waals surface area contributed by atoms with E-state index in [4.69, 9.17) is 0 Å². The molecule has 3 heteroatoms. The highest BCUT2D eigenvalue weighted by Gasteiger charge is 2.29. The van der Waals surface area contributed by atoms with Gasteiger partial charge in [0.25, 0.3) is 0 Å². The van der Waals surface area contributed by atoms with Gasteiger partial charge in [0.15, 0.2) is 11.6 Å². The van der Waals surface area contributed by atoms with Crippen LogP contribution in [0.25, 0.3) is 0 Å². The summed E-state index contributed by atoms with van der Waals surface area (Å²) in [6, 6.07) is 12.5. The third-order valence-corrected chi connectivity index (χ3v) is 3.91. The predicted molar refractivity (Wildman–Crippen MR) is 83.3 cm³/mol. The third-order valence-electron chi connectivity index (χ3n) is 3.91. The average Bonchev–Trinajstić information content (AvgIpc) is 2.52. The minimum Gasteiger partial charge on any atom is -0.375 e. The van der Waals surface area contributed by atoms with Crippen LogP contribution in [0.3, 0.4) is 0 Å². The number of carbonyl (C=O) groups excluding carboxylic acids is 2. The lowest BCUT2D eigenvalue weighted by Crippen LogP contribution is -2.23. The van der Waals surface area contributed by atoms with Crippen LogP contribution in [0.2, 0.25) is 0 Å². The number of nitrogens with zero attached hydrogens (tertiary/aromatic N) is 1. The van der Waals surface area contributed by atoms with Crippen LogP contribution in [0.4, 0.5) is 5.69 Å². The van der Waals surface area contributed by atoms with Gasteiger partial charge < -0.3 is 4.90 Å².